The van der Waals surface area contributed by atoms with E-state index in [0.29, 0.717) is 12.8 Å². The van der Waals surface area contributed by atoms with Crippen LogP contribution in [0.3, 0.4) is 0 Å². The molecule has 0 aromatic heterocycles. The molecule has 2 N–H and O–H groups in total. The number of fused-ring (bicyclic) bond motifs is 1. The molecular formula is C15H19NO2. The van der Waals surface area contributed by atoms with Crippen LogP contribution in [0.4, 0.5) is 0 Å². The summed E-state index contributed by atoms with van der Waals surface area (Å²) >= 11 is 0. The maximum absolute atomic E-state index is 11.9. The van der Waals surface area contributed by atoms with Crippen LogP contribution in [0, 0.1) is 5.92 Å². The molecule has 0 heterocycles. The van der Waals surface area contributed by atoms with Crippen LogP contribution in [-0.4, -0.2) is 17.1 Å². The topological polar surface area (TPSA) is 49.3 Å². The molecule has 1 saturated carbocycles. The smallest absolute Gasteiger partial charge is 0.220 e. The lowest BCUT2D eigenvalue weighted by Gasteiger charge is -2.17. The fraction of sp³-hybridized carbons (Fsp3) is 0.533. The number of benzene rings is 1. The van der Waals surface area contributed by atoms with Gasteiger partial charge >= 0.3 is 0 Å². The van der Waals surface area contributed by atoms with Gasteiger partial charge in [0.2, 0.25) is 5.91 Å². The van der Waals surface area contributed by atoms with Crippen molar-refractivity contribution in [3.63, 3.8) is 0 Å². The van der Waals surface area contributed by atoms with E-state index in [1.807, 2.05) is 24.3 Å². The van der Waals surface area contributed by atoms with Gasteiger partial charge in [0.1, 0.15) is 0 Å². The minimum absolute atomic E-state index is 0.0719. The van der Waals surface area contributed by atoms with Crippen LogP contribution in [0.2, 0.25) is 0 Å². The number of hydrogen-bond acceptors (Lipinski definition) is 2. The Morgan fingerprint density at radius 2 is 2.11 bits per heavy atom. The summed E-state index contributed by atoms with van der Waals surface area (Å²) in [5, 5.41) is 13.0. The monoisotopic (exact) mass is 245 g/mol. The second-order valence-electron chi connectivity index (χ2n) is 5.50. The Morgan fingerprint density at radius 3 is 2.89 bits per heavy atom. The summed E-state index contributed by atoms with van der Waals surface area (Å²) in [5.74, 6) is 0.846. The van der Waals surface area contributed by atoms with Crippen molar-refractivity contribution in [3.8, 4) is 0 Å². The molecule has 0 radical (unpaired) electrons. The Labute approximate surface area is 107 Å². The van der Waals surface area contributed by atoms with Crippen LogP contribution in [-0.2, 0) is 11.2 Å². The Kier molecular flexibility index (Phi) is 3.08. The average molecular weight is 245 g/mol. The van der Waals surface area contributed by atoms with Gasteiger partial charge in [-0.05, 0) is 23.5 Å². The van der Waals surface area contributed by atoms with Crippen LogP contribution < -0.4 is 5.32 Å². The SMILES string of the molecule is O=C(CCC1CC1)NC1c2ccccc2CC1O. The van der Waals surface area contributed by atoms with Gasteiger partial charge in [0.15, 0.2) is 0 Å². The van der Waals surface area contributed by atoms with Crippen molar-refractivity contribution in [2.24, 2.45) is 5.92 Å². The van der Waals surface area contributed by atoms with Gasteiger partial charge in [-0.2, -0.15) is 0 Å². The van der Waals surface area contributed by atoms with Crippen molar-refractivity contribution in [2.45, 2.75) is 44.2 Å². The molecular weight excluding hydrogens is 226 g/mol. The van der Waals surface area contributed by atoms with Crippen LogP contribution in [0.5, 0.6) is 0 Å². The highest BCUT2D eigenvalue weighted by atomic mass is 16.3. The molecule has 1 amide bonds. The van der Waals surface area contributed by atoms with Crippen LogP contribution >= 0.6 is 0 Å². The van der Waals surface area contributed by atoms with Gasteiger partial charge in [0.25, 0.3) is 0 Å². The molecule has 0 aliphatic heterocycles. The molecule has 0 spiro atoms. The number of rotatable bonds is 4. The molecule has 96 valence electrons. The van der Waals surface area contributed by atoms with Crippen LogP contribution in [0.1, 0.15) is 42.9 Å². The van der Waals surface area contributed by atoms with Gasteiger partial charge in [-0.15, -0.1) is 0 Å². The van der Waals surface area contributed by atoms with Crippen molar-refractivity contribution in [2.75, 3.05) is 0 Å². The highest BCUT2D eigenvalue weighted by Gasteiger charge is 2.32. The highest BCUT2D eigenvalue weighted by Crippen LogP contribution is 2.34. The van der Waals surface area contributed by atoms with Gasteiger partial charge in [-0.1, -0.05) is 37.1 Å². The summed E-state index contributed by atoms with van der Waals surface area (Å²) < 4.78 is 0. The lowest BCUT2D eigenvalue weighted by molar-refractivity contribution is -0.122. The Bertz CT molecular complexity index is 454. The minimum Gasteiger partial charge on any atom is -0.390 e. The third-order valence-corrected chi connectivity index (χ3v) is 4.00. The van der Waals surface area contributed by atoms with Crippen molar-refractivity contribution < 1.29 is 9.90 Å². The van der Waals surface area contributed by atoms with Crippen molar-refractivity contribution in [1.29, 1.82) is 0 Å². The molecule has 3 rings (SSSR count). The van der Waals surface area contributed by atoms with E-state index in [1.54, 1.807) is 0 Å². The van der Waals surface area contributed by atoms with Crippen molar-refractivity contribution >= 4 is 5.91 Å². The van der Waals surface area contributed by atoms with E-state index in [4.69, 9.17) is 0 Å². The zero-order chi connectivity index (χ0) is 12.5. The van der Waals surface area contributed by atoms with E-state index in [0.717, 1.165) is 23.5 Å². The lowest BCUT2D eigenvalue weighted by atomic mass is 10.1. The summed E-state index contributed by atoms with van der Waals surface area (Å²) in [6.07, 6.45) is 4.31. The number of hydrogen-bond donors (Lipinski definition) is 2. The molecule has 2 unspecified atom stereocenters. The van der Waals surface area contributed by atoms with Gasteiger partial charge in [0.05, 0.1) is 12.1 Å². The third kappa shape index (κ3) is 2.41. The quantitative estimate of drug-likeness (QED) is 0.852. The van der Waals surface area contributed by atoms with E-state index < -0.39 is 6.10 Å². The zero-order valence-corrected chi connectivity index (χ0v) is 10.4. The maximum atomic E-state index is 11.9. The van der Waals surface area contributed by atoms with E-state index in [-0.39, 0.29) is 11.9 Å². The second kappa shape index (κ2) is 4.73. The molecule has 2 aliphatic rings. The van der Waals surface area contributed by atoms with E-state index in [1.165, 1.54) is 12.8 Å². The van der Waals surface area contributed by atoms with Crippen molar-refractivity contribution in [3.05, 3.63) is 35.4 Å². The standard InChI is InChI=1S/C15H19NO2/c17-13-9-11-3-1-2-4-12(11)15(13)16-14(18)8-7-10-5-6-10/h1-4,10,13,15,17H,5-9H2,(H,16,18). The predicted octanol–water partition coefficient (Wildman–Crippen LogP) is 1.95. The molecule has 0 bridgehead atoms. The number of amides is 1. The molecule has 1 aromatic rings. The van der Waals surface area contributed by atoms with Gasteiger partial charge < -0.3 is 10.4 Å². The first-order valence-corrected chi connectivity index (χ1v) is 6.79. The largest absolute Gasteiger partial charge is 0.390 e. The summed E-state index contributed by atoms with van der Waals surface area (Å²) in [4.78, 5) is 11.9. The first kappa shape index (κ1) is 11.7. The third-order valence-electron chi connectivity index (χ3n) is 4.00. The summed E-state index contributed by atoms with van der Waals surface area (Å²) in [6, 6.07) is 7.74. The maximum Gasteiger partial charge on any atom is 0.220 e. The number of aliphatic hydroxyl groups excluding tert-OH is 1. The van der Waals surface area contributed by atoms with E-state index in [9.17, 15) is 9.90 Å². The minimum atomic E-state index is -0.479. The van der Waals surface area contributed by atoms with Crippen LogP contribution in [0.25, 0.3) is 0 Å². The first-order chi connectivity index (χ1) is 8.74. The molecule has 3 heteroatoms. The average Bonchev–Trinajstić information content (AvgIpc) is 3.14. The Balaban J connectivity index is 1.62. The fourth-order valence-electron chi connectivity index (χ4n) is 2.74. The molecule has 2 atom stereocenters. The Morgan fingerprint density at radius 1 is 1.33 bits per heavy atom. The van der Waals surface area contributed by atoms with Gasteiger partial charge in [0, 0.05) is 12.8 Å². The van der Waals surface area contributed by atoms with Gasteiger partial charge in [-0.3, -0.25) is 4.79 Å². The normalized spacial score (nSPS) is 25.8. The fourth-order valence-corrected chi connectivity index (χ4v) is 2.74. The predicted molar refractivity (Wildman–Crippen MR) is 69.0 cm³/mol. The first-order valence-electron chi connectivity index (χ1n) is 6.79. The van der Waals surface area contributed by atoms with Crippen LogP contribution in [0.15, 0.2) is 24.3 Å². The summed E-state index contributed by atoms with van der Waals surface area (Å²) in [7, 11) is 0. The molecule has 1 aromatic carbocycles. The zero-order valence-electron chi connectivity index (χ0n) is 10.4. The second-order valence-corrected chi connectivity index (χ2v) is 5.50. The number of aliphatic hydroxyl groups is 1. The van der Waals surface area contributed by atoms with E-state index >= 15 is 0 Å². The molecule has 3 nitrogen and oxygen atoms in total. The van der Waals surface area contributed by atoms with Gasteiger partial charge in [-0.25, -0.2) is 0 Å². The van der Waals surface area contributed by atoms with Crippen molar-refractivity contribution in [1.82, 2.24) is 5.32 Å². The molecule has 18 heavy (non-hydrogen) atoms. The molecule has 2 aliphatic carbocycles. The Hall–Kier alpha value is -1.35. The highest BCUT2D eigenvalue weighted by molar-refractivity contribution is 5.76. The molecule has 0 saturated heterocycles. The number of carbonyl (C=O) groups excluding carboxylic acids is 1. The summed E-state index contributed by atoms with van der Waals surface area (Å²) in [5.41, 5.74) is 2.22. The van der Waals surface area contributed by atoms with E-state index in [2.05, 4.69) is 5.32 Å². The number of nitrogens with one attached hydrogen (secondary N) is 1. The summed E-state index contributed by atoms with van der Waals surface area (Å²) in [6.45, 7) is 0. The number of carbonyl (C=O) groups is 1. The molecule has 1 fully saturated rings. The lowest BCUT2D eigenvalue weighted by Crippen LogP contribution is -2.33.